The largest absolute Gasteiger partial charge is 0.326 e. The van der Waals surface area contributed by atoms with Crippen molar-refractivity contribution in [3.63, 3.8) is 0 Å². The maximum atomic E-state index is 13.2. The van der Waals surface area contributed by atoms with Crippen molar-refractivity contribution in [3.05, 3.63) is 58.9 Å². The predicted molar refractivity (Wildman–Crippen MR) is 103 cm³/mol. The molecule has 1 fully saturated rings. The van der Waals surface area contributed by atoms with Crippen molar-refractivity contribution in [1.29, 1.82) is 0 Å². The second kappa shape index (κ2) is 7.96. The monoisotopic (exact) mass is 410 g/mol. The number of hydrogen-bond donors (Lipinski definition) is 1. The lowest BCUT2D eigenvalue weighted by molar-refractivity contribution is -0.120. The van der Waals surface area contributed by atoms with E-state index in [9.17, 15) is 17.6 Å². The summed E-state index contributed by atoms with van der Waals surface area (Å²) >= 11 is 5.73. The van der Waals surface area contributed by atoms with Crippen LogP contribution >= 0.6 is 11.6 Å². The maximum Gasteiger partial charge on any atom is 0.243 e. The quantitative estimate of drug-likeness (QED) is 0.833. The topological polar surface area (TPSA) is 66.5 Å². The van der Waals surface area contributed by atoms with Crippen molar-refractivity contribution < 1.29 is 17.6 Å². The van der Waals surface area contributed by atoms with Gasteiger partial charge in [-0.2, -0.15) is 4.31 Å². The fraction of sp³-hybridized carbons (Fsp3) is 0.316. The van der Waals surface area contributed by atoms with Gasteiger partial charge in [0.05, 0.1) is 15.8 Å². The zero-order valence-electron chi connectivity index (χ0n) is 14.8. The molecule has 2 aromatic rings. The van der Waals surface area contributed by atoms with Crippen LogP contribution in [0.15, 0.2) is 47.4 Å². The first-order valence-corrected chi connectivity index (χ1v) is 10.4. The van der Waals surface area contributed by atoms with Gasteiger partial charge in [-0.3, -0.25) is 4.79 Å². The van der Waals surface area contributed by atoms with Crippen LogP contribution in [0.1, 0.15) is 18.4 Å². The molecule has 8 heteroatoms. The molecule has 0 radical (unpaired) electrons. The Balaban J connectivity index is 1.72. The molecular formula is C19H20ClFN2O3S. The fourth-order valence-electron chi connectivity index (χ4n) is 3.05. The first-order chi connectivity index (χ1) is 12.8. The summed E-state index contributed by atoms with van der Waals surface area (Å²) in [5.41, 5.74) is 1.35. The summed E-state index contributed by atoms with van der Waals surface area (Å²) in [6.45, 7) is 2.37. The van der Waals surface area contributed by atoms with E-state index in [-0.39, 0.29) is 22.4 Å². The average Bonchev–Trinajstić information content (AvgIpc) is 2.65. The number of nitrogens with zero attached hydrogens (tertiary/aromatic N) is 1. The normalized spacial score (nSPS) is 18.3. The van der Waals surface area contributed by atoms with Crippen molar-refractivity contribution >= 4 is 33.2 Å². The highest BCUT2D eigenvalue weighted by Crippen LogP contribution is 2.26. The van der Waals surface area contributed by atoms with Gasteiger partial charge in [-0.25, -0.2) is 12.8 Å². The predicted octanol–water partition coefficient (Wildman–Crippen LogP) is 3.83. The molecule has 0 saturated carbocycles. The molecule has 0 spiro atoms. The number of carbonyl (C=O) groups is 1. The van der Waals surface area contributed by atoms with E-state index in [1.165, 1.54) is 22.5 Å². The van der Waals surface area contributed by atoms with E-state index < -0.39 is 21.8 Å². The summed E-state index contributed by atoms with van der Waals surface area (Å²) < 4.78 is 40.3. The van der Waals surface area contributed by atoms with Crippen LogP contribution in [-0.2, 0) is 14.8 Å². The molecule has 1 aliphatic heterocycles. The molecule has 3 rings (SSSR count). The molecule has 1 atom stereocenters. The molecule has 1 N–H and O–H groups in total. The number of anilines is 1. The van der Waals surface area contributed by atoms with E-state index in [1.807, 2.05) is 6.92 Å². The Hall–Kier alpha value is -1.96. The molecular weight excluding hydrogens is 391 g/mol. The molecule has 0 unspecified atom stereocenters. The Labute approximate surface area is 163 Å². The van der Waals surface area contributed by atoms with Crippen LogP contribution in [0, 0.1) is 18.7 Å². The van der Waals surface area contributed by atoms with E-state index in [4.69, 9.17) is 11.6 Å². The molecule has 1 saturated heterocycles. The minimum atomic E-state index is -3.65. The highest BCUT2D eigenvalue weighted by atomic mass is 35.5. The smallest absolute Gasteiger partial charge is 0.243 e. The number of carbonyl (C=O) groups excluding carboxylic acids is 1. The third kappa shape index (κ3) is 4.48. The Kier molecular flexibility index (Phi) is 5.83. The van der Waals surface area contributed by atoms with Crippen LogP contribution in [0.3, 0.4) is 0 Å². The van der Waals surface area contributed by atoms with Crippen LogP contribution in [0.5, 0.6) is 0 Å². The molecule has 1 aliphatic rings. The van der Waals surface area contributed by atoms with Crippen LogP contribution in [0.2, 0.25) is 5.02 Å². The highest BCUT2D eigenvalue weighted by Gasteiger charge is 2.33. The molecule has 1 amide bonds. The van der Waals surface area contributed by atoms with E-state index >= 15 is 0 Å². The van der Waals surface area contributed by atoms with Crippen molar-refractivity contribution in [1.82, 2.24) is 4.31 Å². The molecule has 1 heterocycles. The van der Waals surface area contributed by atoms with E-state index in [0.717, 1.165) is 5.56 Å². The number of aryl methyl sites for hydroxylation is 1. The number of hydrogen-bond acceptors (Lipinski definition) is 3. The Morgan fingerprint density at radius 2 is 1.93 bits per heavy atom. The van der Waals surface area contributed by atoms with Gasteiger partial charge in [-0.1, -0.05) is 29.3 Å². The van der Waals surface area contributed by atoms with Gasteiger partial charge in [-0.15, -0.1) is 0 Å². The standard InChI is InChI=1S/C19H20ClFN2O3S/c1-13-4-7-16(8-5-13)27(25,26)23-10-2-3-14(12-23)19(24)22-15-6-9-18(21)17(20)11-15/h4-9,11,14H,2-3,10,12H2,1H3,(H,22,24)/t14-/m0/s1. The number of nitrogens with one attached hydrogen (secondary N) is 1. The first kappa shape index (κ1) is 19.8. The molecule has 0 aromatic heterocycles. The Bertz CT molecular complexity index is 948. The SMILES string of the molecule is Cc1ccc(S(=O)(=O)N2CCC[C@H](C(=O)Nc3ccc(F)c(Cl)c3)C2)cc1. The minimum absolute atomic E-state index is 0.0833. The number of sulfonamides is 1. The summed E-state index contributed by atoms with van der Waals surface area (Å²) in [7, 11) is -3.65. The summed E-state index contributed by atoms with van der Waals surface area (Å²) in [6.07, 6.45) is 1.17. The average molecular weight is 411 g/mol. The zero-order chi connectivity index (χ0) is 19.6. The van der Waals surface area contributed by atoms with Gasteiger partial charge in [0.15, 0.2) is 0 Å². The Morgan fingerprint density at radius 1 is 1.22 bits per heavy atom. The molecule has 144 valence electrons. The van der Waals surface area contributed by atoms with Gasteiger partial charge in [0.25, 0.3) is 0 Å². The maximum absolute atomic E-state index is 13.2. The summed E-state index contributed by atoms with van der Waals surface area (Å²) in [5.74, 6) is -1.35. The van der Waals surface area contributed by atoms with Crippen molar-refractivity contribution in [2.75, 3.05) is 18.4 Å². The van der Waals surface area contributed by atoms with Crippen LogP contribution in [0.25, 0.3) is 0 Å². The van der Waals surface area contributed by atoms with Gasteiger partial charge < -0.3 is 5.32 Å². The number of halogens is 2. The second-order valence-electron chi connectivity index (χ2n) is 6.63. The summed E-state index contributed by atoms with van der Waals surface area (Å²) in [6, 6.07) is 10.6. The number of benzene rings is 2. The lowest BCUT2D eigenvalue weighted by Crippen LogP contribution is -2.43. The molecule has 2 aromatic carbocycles. The van der Waals surface area contributed by atoms with Crippen molar-refractivity contribution in [2.24, 2.45) is 5.92 Å². The lowest BCUT2D eigenvalue weighted by Gasteiger charge is -2.31. The highest BCUT2D eigenvalue weighted by molar-refractivity contribution is 7.89. The Morgan fingerprint density at radius 3 is 2.59 bits per heavy atom. The molecule has 0 aliphatic carbocycles. The van der Waals surface area contributed by atoms with Gasteiger partial charge in [0.1, 0.15) is 5.82 Å². The number of rotatable bonds is 4. The zero-order valence-corrected chi connectivity index (χ0v) is 16.4. The van der Waals surface area contributed by atoms with E-state index in [0.29, 0.717) is 25.1 Å². The number of amides is 1. The van der Waals surface area contributed by atoms with Crippen LogP contribution in [0.4, 0.5) is 10.1 Å². The molecule has 27 heavy (non-hydrogen) atoms. The van der Waals surface area contributed by atoms with Crippen LogP contribution < -0.4 is 5.32 Å². The third-order valence-electron chi connectivity index (χ3n) is 4.60. The second-order valence-corrected chi connectivity index (χ2v) is 8.98. The summed E-state index contributed by atoms with van der Waals surface area (Å²) in [4.78, 5) is 12.8. The van der Waals surface area contributed by atoms with Gasteiger partial charge >= 0.3 is 0 Å². The summed E-state index contributed by atoms with van der Waals surface area (Å²) in [5, 5.41) is 2.60. The third-order valence-corrected chi connectivity index (χ3v) is 6.77. The van der Waals surface area contributed by atoms with Crippen molar-refractivity contribution in [3.8, 4) is 0 Å². The molecule has 5 nitrogen and oxygen atoms in total. The number of piperidine rings is 1. The van der Waals surface area contributed by atoms with Gasteiger partial charge in [0.2, 0.25) is 15.9 Å². The lowest BCUT2D eigenvalue weighted by atomic mass is 9.99. The minimum Gasteiger partial charge on any atom is -0.326 e. The first-order valence-electron chi connectivity index (χ1n) is 8.60. The van der Waals surface area contributed by atoms with E-state index in [2.05, 4.69) is 5.32 Å². The van der Waals surface area contributed by atoms with Crippen LogP contribution in [-0.4, -0.2) is 31.7 Å². The molecule has 0 bridgehead atoms. The fourth-order valence-corrected chi connectivity index (χ4v) is 4.76. The van der Waals surface area contributed by atoms with Gasteiger partial charge in [-0.05, 0) is 50.1 Å². The van der Waals surface area contributed by atoms with Crippen molar-refractivity contribution in [2.45, 2.75) is 24.7 Å². The van der Waals surface area contributed by atoms with Gasteiger partial charge in [0, 0.05) is 18.8 Å². The van der Waals surface area contributed by atoms with E-state index in [1.54, 1.807) is 24.3 Å².